The molecule has 0 bridgehead atoms. The summed E-state index contributed by atoms with van der Waals surface area (Å²) in [5.74, 6) is 0.300. The normalized spacial score (nSPS) is 15.4. The fraction of sp³-hybridized carbons (Fsp3) is 0.409. The van der Waals surface area contributed by atoms with E-state index >= 15 is 0 Å². The molecule has 162 valence electrons. The van der Waals surface area contributed by atoms with E-state index in [0.717, 1.165) is 37.0 Å². The molecule has 2 aromatic rings. The number of aryl methyl sites for hydroxylation is 1. The number of carbonyl (C=O) groups is 1. The van der Waals surface area contributed by atoms with Crippen molar-refractivity contribution in [2.75, 3.05) is 26.2 Å². The first-order chi connectivity index (χ1) is 14.4. The number of carbonyl (C=O) groups excluding carboxylic acids is 1. The van der Waals surface area contributed by atoms with Gasteiger partial charge in [0.25, 0.3) is 5.91 Å². The predicted octanol–water partition coefficient (Wildman–Crippen LogP) is 4.02. The molecule has 6 nitrogen and oxygen atoms in total. The SMILES string of the molecule is Cc1cccc(OCCNC(=O)c2cc(S(=O)(=O)N3CCCCCC3)ccc2Cl)c1. The van der Waals surface area contributed by atoms with E-state index in [0.29, 0.717) is 19.7 Å². The van der Waals surface area contributed by atoms with Crippen LogP contribution >= 0.6 is 11.6 Å². The van der Waals surface area contributed by atoms with Crippen molar-refractivity contribution in [2.24, 2.45) is 0 Å². The van der Waals surface area contributed by atoms with Crippen molar-refractivity contribution in [1.82, 2.24) is 9.62 Å². The first kappa shape index (κ1) is 22.6. The van der Waals surface area contributed by atoms with Gasteiger partial charge in [0.15, 0.2) is 0 Å². The van der Waals surface area contributed by atoms with Crippen LogP contribution in [0.5, 0.6) is 5.75 Å². The van der Waals surface area contributed by atoms with Gasteiger partial charge in [0.1, 0.15) is 12.4 Å². The van der Waals surface area contributed by atoms with Gasteiger partial charge in [0.05, 0.1) is 22.0 Å². The molecule has 1 aliphatic rings. The molecule has 8 heteroatoms. The molecular formula is C22H27ClN2O4S. The zero-order valence-corrected chi connectivity index (χ0v) is 18.6. The maximum atomic E-state index is 13.0. The molecule has 1 heterocycles. The van der Waals surface area contributed by atoms with Gasteiger partial charge in [-0.25, -0.2) is 8.42 Å². The van der Waals surface area contributed by atoms with Crippen LogP contribution in [0.3, 0.4) is 0 Å². The molecule has 1 amide bonds. The van der Waals surface area contributed by atoms with Gasteiger partial charge >= 0.3 is 0 Å². The molecule has 2 aromatic carbocycles. The molecule has 0 spiro atoms. The Morgan fingerprint density at radius 2 is 1.83 bits per heavy atom. The van der Waals surface area contributed by atoms with Gasteiger partial charge in [-0.05, 0) is 55.7 Å². The second kappa shape index (κ2) is 10.3. The molecule has 0 saturated carbocycles. The number of nitrogens with zero attached hydrogens (tertiary/aromatic N) is 1. The van der Waals surface area contributed by atoms with Gasteiger partial charge in [-0.15, -0.1) is 0 Å². The van der Waals surface area contributed by atoms with E-state index in [1.165, 1.54) is 22.5 Å². The smallest absolute Gasteiger partial charge is 0.252 e. The second-order valence-electron chi connectivity index (χ2n) is 7.38. The minimum Gasteiger partial charge on any atom is -0.492 e. The molecule has 1 N–H and O–H groups in total. The molecule has 1 aliphatic heterocycles. The lowest BCUT2D eigenvalue weighted by Crippen LogP contribution is -2.32. The highest BCUT2D eigenvalue weighted by atomic mass is 35.5. The topological polar surface area (TPSA) is 75.7 Å². The average Bonchev–Trinajstić information content (AvgIpc) is 3.01. The van der Waals surface area contributed by atoms with Crippen molar-refractivity contribution < 1.29 is 17.9 Å². The van der Waals surface area contributed by atoms with E-state index in [4.69, 9.17) is 16.3 Å². The number of amides is 1. The van der Waals surface area contributed by atoms with Crippen molar-refractivity contribution in [3.8, 4) is 5.75 Å². The molecular weight excluding hydrogens is 424 g/mol. The summed E-state index contributed by atoms with van der Waals surface area (Å²) in [5.41, 5.74) is 1.23. The summed E-state index contributed by atoms with van der Waals surface area (Å²) < 4.78 is 33.1. The zero-order valence-electron chi connectivity index (χ0n) is 17.1. The van der Waals surface area contributed by atoms with E-state index in [9.17, 15) is 13.2 Å². The quantitative estimate of drug-likeness (QED) is 0.646. The summed E-state index contributed by atoms with van der Waals surface area (Å²) >= 11 is 6.18. The van der Waals surface area contributed by atoms with Crippen LogP contribution in [0.1, 0.15) is 41.6 Å². The first-order valence-electron chi connectivity index (χ1n) is 10.2. The Kier molecular flexibility index (Phi) is 7.75. The summed E-state index contributed by atoms with van der Waals surface area (Å²) in [6.45, 7) is 3.54. The molecule has 1 fully saturated rings. The Morgan fingerprint density at radius 1 is 1.10 bits per heavy atom. The molecule has 0 atom stereocenters. The van der Waals surface area contributed by atoms with E-state index in [-0.39, 0.29) is 22.0 Å². The Hall–Kier alpha value is -2.09. The van der Waals surface area contributed by atoms with Crippen LogP contribution in [0, 0.1) is 6.92 Å². The molecule has 30 heavy (non-hydrogen) atoms. The summed E-state index contributed by atoms with van der Waals surface area (Å²) in [6, 6.07) is 11.9. The highest BCUT2D eigenvalue weighted by Gasteiger charge is 2.26. The van der Waals surface area contributed by atoms with Crippen LogP contribution < -0.4 is 10.1 Å². The summed E-state index contributed by atoms with van der Waals surface area (Å²) in [7, 11) is -3.65. The van der Waals surface area contributed by atoms with Crippen LogP contribution in [0.15, 0.2) is 47.4 Å². The third kappa shape index (κ3) is 5.74. The zero-order chi connectivity index (χ0) is 21.6. The minimum absolute atomic E-state index is 0.0926. The van der Waals surface area contributed by atoms with Crippen LogP contribution in [0.2, 0.25) is 5.02 Å². The van der Waals surface area contributed by atoms with Gasteiger partial charge in [0, 0.05) is 13.1 Å². The van der Waals surface area contributed by atoms with Crippen molar-refractivity contribution in [2.45, 2.75) is 37.5 Å². The molecule has 0 aromatic heterocycles. The lowest BCUT2D eigenvalue weighted by molar-refractivity contribution is 0.0947. The summed E-state index contributed by atoms with van der Waals surface area (Å²) in [4.78, 5) is 12.7. The maximum absolute atomic E-state index is 13.0. The predicted molar refractivity (Wildman–Crippen MR) is 118 cm³/mol. The standard InChI is InChI=1S/C22H27ClN2O4S/c1-17-7-6-8-18(15-17)29-14-11-24-22(26)20-16-19(9-10-21(20)23)30(27,28)25-12-4-2-3-5-13-25/h6-10,15-16H,2-5,11-14H2,1H3,(H,24,26). The number of sulfonamides is 1. The summed E-state index contributed by atoms with van der Waals surface area (Å²) in [6.07, 6.45) is 3.76. The van der Waals surface area contributed by atoms with Crippen LogP contribution in [0.4, 0.5) is 0 Å². The van der Waals surface area contributed by atoms with Crippen LogP contribution in [0.25, 0.3) is 0 Å². The number of nitrogens with one attached hydrogen (secondary N) is 1. The fourth-order valence-electron chi connectivity index (χ4n) is 3.40. The van der Waals surface area contributed by atoms with E-state index in [1.807, 2.05) is 31.2 Å². The third-order valence-electron chi connectivity index (χ3n) is 5.03. The van der Waals surface area contributed by atoms with Crippen molar-refractivity contribution in [1.29, 1.82) is 0 Å². The number of rotatable bonds is 7. The maximum Gasteiger partial charge on any atom is 0.252 e. The molecule has 0 unspecified atom stereocenters. The van der Waals surface area contributed by atoms with Gasteiger partial charge in [-0.1, -0.05) is 36.6 Å². The number of benzene rings is 2. The van der Waals surface area contributed by atoms with Gasteiger partial charge in [-0.3, -0.25) is 4.79 Å². The third-order valence-corrected chi connectivity index (χ3v) is 7.26. The number of hydrogen-bond donors (Lipinski definition) is 1. The van der Waals surface area contributed by atoms with Gasteiger partial charge in [0.2, 0.25) is 10.0 Å². The monoisotopic (exact) mass is 450 g/mol. The Bertz CT molecular complexity index is 986. The van der Waals surface area contributed by atoms with E-state index in [2.05, 4.69) is 5.32 Å². The van der Waals surface area contributed by atoms with Crippen LogP contribution in [-0.4, -0.2) is 44.9 Å². The molecule has 1 saturated heterocycles. The lowest BCUT2D eigenvalue weighted by Gasteiger charge is -2.20. The van der Waals surface area contributed by atoms with Crippen molar-refractivity contribution in [3.05, 3.63) is 58.6 Å². The van der Waals surface area contributed by atoms with Crippen LogP contribution in [-0.2, 0) is 10.0 Å². The number of halogens is 1. The lowest BCUT2D eigenvalue weighted by atomic mass is 10.2. The summed E-state index contributed by atoms with van der Waals surface area (Å²) in [5, 5.41) is 2.95. The van der Waals surface area contributed by atoms with Gasteiger partial charge in [-0.2, -0.15) is 4.31 Å². The Labute approximate surface area is 183 Å². The van der Waals surface area contributed by atoms with E-state index < -0.39 is 15.9 Å². The van der Waals surface area contributed by atoms with E-state index in [1.54, 1.807) is 0 Å². The Balaban J connectivity index is 1.64. The molecule has 0 aliphatic carbocycles. The second-order valence-corrected chi connectivity index (χ2v) is 9.73. The van der Waals surface area contributed by atoms with Crippen molar-refractivity contribution in [3.63, 3.8) is 0 Å². The average molecular weight is 451 g/mol. The molecule has 3 rings (SSSR count). The highest BCUT2D eigenvalue weighted by Crippen LogP contribution is 2.25. The number of hydrogen-bond acceptors (Lipinski definition) is 4. The minimum atomic E-state index is -3.65. The first-order valence-corrected chi connectivity index (χ1v) is 12.0. The van der Waals surface area contributed by atoms with Gasteiger partial charge < -0.3 is 10.1 Å². The van der Waals surface area contributed by atoms with Crippen molar-refractivity contribution >= 4 is 27.5 Å². The Morgan fingerprint density at radius 3 is 2.53 bits per heavy atom. The highest BCUT2D eigenvalue weighted by molar-refractivity contribution is 7.89. The fourth-order valence-corrected chi connectivity index (χ4v) is 5.15. The number of ether oxygens (including phenoxy) is 1. The molecule has 0 radical (unpaired) electrons. The largest absolute Gasteiger partial charge is 0.492 e.